The molecule has 1 aromatic heterocycles. The van der Waals surface area contributed by atoms with Gasteiger partial charge in [0.05, 0.1) is 29.1 Å². The number of ether oxygens (including phenoxy) is 1. The van der Waals surface area contributed by atoms with Crippen molar-refractivity contribution in [2.75, 3.05) is 5.32 Å². The van der Waals surface area contributed by atoms with E-state index in [0.717, 1.165) is 13.0 Å². The third-order valence-corrected chi connectivity index (χ3v) is 4.64. The number of rotatable bonds is 7. The van der Waals surface area contributed by atoms with E-state index in [1.165, 1.54) is 12.3 Å². The van der Waals surface area contributed by atoms with Crippen LogP contribution in [0.1, 0.15) is 23.0 Å². The zero-order chi connectivity index (χ0) is 19.5. The van der Waals surface area contributed by atoms with E-state index in [-0.39, 0.29) is 22.8 Å². The van der Waals surface area contributed by atoms with Gasteiger partial charge in [-0.15, -0.1) is 0 Å². The molecule has 0 amide bonds. The molecular weight excluding hydrogens is 388 g/mol. The van der Waals surface area contributed by atoms with E-state index in [4.69, 9.17) is 31.0 Å². The average Bonchev–Trinajstić information content (AvgIpc) is 3.04. The number of carbonyl (C=O) groups excluding carboxylic acids is 1. The Kier molecular flexibility index (Phi) is 5.90. The van der Waals surface area contributed by atoms with Crippen LogP contribution in [0.4, 0.5) is 5.69 Å². The number of primary sulfonamides is 1. The van der Waals surface area contributed by atoms with Gasteiger partial charge in [-0.25, -0.2) is 23.1 Å². The smallest absolute Gasteiger partial charge is 0.344 e. The molecule has 140 valence electrons. The van der Waals surface area contributed by atoms with E-state index < -0.39 is 33.0 Å². The first-order valence-electron chi connectivity index (χ1n) is 7.16. The van der Waals surface area contributed by atoms with Crippen LogP contribution in [0.5, 0.6) is 0 Å². The molecule has 4 N–H and O–H groups in total. The highest BCUT2D eigenvalue weighted by molar-refractivity contribution is 7.89. The molecule has 0 bridgehead atoms. The lowest BCUT2D eigenvalue weighted by Gasteiger charge is -2.15. The van der Waals surface area contributed by atoms with Crippen LogP contribution in [0.3, 0.4) is 0 Å². The number of hydrogen-bond donors (Lipinski definition) is 3. The van der Waals surface area contributed by atoms with E-state index in [1.54, 1.807) is 12.1 Å². The highest BCUT2D eigenvalue weighted by Crippen LogP contribution is 2.29. The highest BCUT2D eigenvalue weighted by atomic mass is 35.5. The van der Waals surface area contributed by atoms with E-state index in [0.29, 0.717) is 5.76 Å². The van der Waals surface area contributed by atoms with Crippen LogP contribution < -0.4 is 10.5 Å². The van der Waals surface area contributed by atoms with Gasteiger partial charge in [0, 0.05) is 0 Å². The normalized spacial score (nSPS) is 12.4. The van der Waals surface area contributed by atoms with Gasteiger partial charge >= 0.3 is 11.9 Å². The summed E-state index contributed by atoms with van der Waals surface area (Å²) in [6.45, 7) is 1.32. The standard InChI is InChI=1S/C15H15ClN2O7S/c1-8(14(19)20)25-15(21)10-5-13(26(17,22)23)11(16)6-12(10)18-7-9-3-2-4-24-9/h2-6,8,18H,7H2,1H3,(H,19,20)(H2,17,22,23)/t8-/m0/s1. The fourth-order valence-electron chi connectivity index (χ4n) is 1.96. The van der Waals surface area contributed by atoms with Crippen molar-refractivity contribution in [2.45, 2.75) is 24.5 Å². The molecule has 2 rings (SSSR count). The summed E-state index contributed by atoms with van der Waals surface area (Å²) in [5.74, 6) is -1.87. The number of halogens is 1. The molecule has 0 aliphatic carbocycles. The van der Waals surface area contributed by atoms with E-state index >= 15 is 0 Å². The number of furan rings is 1. The van der Waals surface area contributed by atoms with Crippen molar-refractivity contribution < 1.29 is 32.3 Å². The number of nitrogens with two attached hydrogens (primary N) is 1. The van der Waals surface area contributed by atoms with E-state index in [2.05, 4.69) is 5.32 Å². The van der Waals surface area contributed by atoms with Crippen LogP contribution in [-0.2, 0) is 26.1 Å². The Morgan fingerprint density at radius 2 is 2.12 bits per heavy atom. The Bertz CT molecular complexity index is 926. The lowest BCUT2D eigenvalue weighted by Crippen LogP contribution is -2.24. The second-order valence-electron chi connectivity index (χ2n) is 5.19. The molecule has 0 unspecified atom stereocenters. The number of hydrogen-bond acceptors (Lipinski definition) is 7. The quantitative estimate of drug-likeness (QED) is 0.593. The lowest BCUT2D eigenvalue weighted by molar-refractivity contribution is -0.146. The lowest BCUT2D eigenvalue weighted by atomic mass is 10.1. The molecule has 0 spiro atoms. The summed E-state index contributed by atoms with van der Waals surface area (Å²) in [6, 6.07) is 5.46. The first-order chi connectivity index (χ1) is 12.1. The second kappa shape index (κ2) is 7.77. The van der Waals surface area contributed by atoms with Crippen LogP contribution in [-0.4, -0.2) is 31.6 Å². The Balaban J connectivity index is 2.42. The fourth-order valence-corrected chi connectivity index (χ4v) is 3.06. The molecule has 0 fully saturated rings. The maximum atomic E-state index is 12.3. The van der Waals surface area contributed by atoms with Gasteiger partial charge in [-0.05, 0) is 31.2 Å². The number of anilines is 1. The van der Waals surface area contributed by atoms with Crippen molar-refractivity contribution in [3.63, 3.8) is 0 Å². The summed E-state index contributed by atoms with van der Waals surface area (Å²) < 4.78 is 33.2. The molecule has 1 aromatic carbocycles. The maximum absolute atomic E-state index is 12.3. The number of carbonyl (C=O) groups is 2. The van der Waals surface area contributed by atoms with Gasteiger partial charge in [-0.2, -0.15) is 0 Å². The molecule has 11 heteroatoms. The zero-order valence-corrected chi connectivity index (χ0v) is 15.0. The van der Waals surface area contributed by atoms with Crippen molar-refractivity contribution in [1.29, 1.82) is 0 Å². The predicted octanol–water partition coefficient (Wildman–Crippen LogP) is 1.82. The van der Waals surface area contributed by atoms with Crippen LogP contribution in [0.25, 0.3) is 0 Å². The third-order valence-electron chi connectivity index (χ3n) is 3.26. The third kappa shape index (κ3) is 4.75. The second-order valence-corrected chi connectivity index (χ2v) is 7.13. The van der Waals surface area contributed by atoms with Gasteiger partial charge in [0.1, 0.15) is 10.7 Å². The Morgan fingerprint density at radius 3 is 2.65 bits per heavy atom. The summed E-state index contributed by atoms with van der Waals surface area (Å²) in [5.41, 5.74) is -0.112. The first-order valence-corrected chi connectivity index (χ1v) is 9.08. The molecule has 1 heterocycles. The molecule has 26 heavy (non-hydrogen) atoms. The minimum Gasteiger partial charge on any atom is -0.479 e. The van der Waals surface area contributed by atoms with Crippen LogP contribution in [0.15, 0.2) is 39.8 Å². The molecule has 0 saturated heterocycles. The molecule has 2 aromatic rings. The summed E-state index contributed by atoms with van der Waals surface area (Å²) in [4.78, 5) is 22.7. The van der Waals surface area contributed by atoms with Crippen molar-refractivity contribution in [2.24, 2.45) is 5.14 Å². The van der Waals surface area contributed by atoms with Gasteiger partial charge in [0.15, 0.2) is 6.10 Å². The van der Waals surface area contributed by atoms with Crippen LogP contribution in [0, 0.1) is 0 Å². The SMILES string of the molecule is C[C@H](OC(=O)c1cc(S(N)(=O)=O)c(Cl)cc1NCc1ccco1)C(=O)O. The number of nitrogens with one attached hydrogen (secondary N) is 1. The number of aliphatic carboxylic acids is 1. The van der Waals surface area contributed by atoms with Gasteiger partial charge in [-0.3, -0.25) is 0 Å². The van der Waals surface area contributed by atoms with Gasteiger partial charge in [0.25, 0.3) is 0 Å². The highest BCUT2D eigenvalue weighted by Gasteiger charge is 2.24. The fraction of sp³-hybridized carbons (Fsp3) is 0.200. The Hall–Kier alpha value is -2.56. The summed E-state index contributed by atoms with van der Waals surface area (Å²) in [5, 5.41) is 16.6. The van der Waals surface area contributed by atoms with Crippen LogP contribution >= 0.6 is 11.6 Å². The van der Waals surface area contributed by atoms with Gasteiger partial charge in [-0.1, -0.05) is 11.6 Å². The van der Waals surface area contributed by atoms with Gasteiger partial charge < -0.3 is 19.6 Å². The molecule has 0 radical (unpaired) electrons. The minimum absolute atomic E-state index is 0.126. The molecule has 0 aliphatic rings. The van der Waals surface area contributed by atoms with Crippen LogP contribution in [0.2, 0.25) is 5.02 Å². The summed E-state index contributed by atoms with van der Waals surface area (Å²) >= 11 is 5.94. The largest absolute Gasteiger partial charge is 0.479 e. The summed E-state index contributed by atoms with van der Waals surface area (Å²) in [6.07, 6.45) is 0.0201. The number of esters is 1. The topological polar surface area (TPSA) is 149 Å². The molecule has 9 nitrogen and oxygen atoms in total. The summed E-state index contributed by atoms with van der Waals surface area (Å²) in [7, 11) is -4.21. The van der Waals surface area contributed by atoms with E-state index in [1.807, 2.05) is 0 Å². The monoisotopic (exact) mass is 402 g/mol. The Labute approximate surface area is 153 Å². The maximum Gasteiger partial charge on any atom is 0.344 e. The first kappa shape index (κ1) is 19.8. The number of benzene rings is 1. The predicted molar refractivity (Wildman–Crippen MR) is 91.4 cm³/mol. The molecule has 1 atom stereocenters. The van der Waals surface area contributed by atoms with Gasteiger partial charge in [0.2, 0.25) is 10.0 Å². The van der Waals surface area contributed by atoms with Crippen molar-refractivity contribution in [3.8, 4) is 0 Å². The van der Waals surface area contributed by atoms with E-state index in [9.17, 15) is 18.0 Å². The van der Waals surface area contributed by atoms with Crippen molar-refractivity contribution in [3.05, 3.63) is 46.9 Å². The van der Waals surface area contributed by atoms with Crippen molar-refractivity contribution in [1.82, 2.24) is 0 Å². The molecule has 0 aliphatic heterocycles. The zero-order valence-electron chi connectivity index (χ0n) is 13.4. The minimum atomic E-state index is -4.21. The number of sulfonamides is 1. The Morgan fingerprint density at radius 1 is 1.42 bits per heavy atom. The molecule has 0 saturated carbocycles. The number of carboxylic acid groups (broad SMARTS) is 1. The van der Waals surface area contributed by atoms with Crippen molar-refractivity contribution >= 4 is 39.3 Å². The molecular formula is C15H15ClN2O7S. The number of carboxylic acids is 1. The average molecular weight is 403 g/mol.